The van der Waals surface area contributed by atoms with Crippen LogP contribution < -0.4 is 4.90 Å². The number of rotatable bonds is 4. The zero-order valence-electron chi connectivity index (χ0n) is 11.0. The summed E-state index contributed by atoms with van der Waals surface area (Å²) in [4.78, 5) is 6.80. The molecule has 2 aliphatic rings. The molecule has 0 N–H and O–H groups in total. The molecule has 0 saturated heterocycles. The van der Waals surface area contributed by atoms with Crippen molar-refractivity contribution < 1.29 is 0 Å². The van der Waals surface area contributed by atoms with Crippen molar-refractivity contribution in [2.45, 2.75) is 31.6 Å². The smallest absolute Gasteiger partial charge is 0.128 e. The van der Waals surface area contributed by atoms with E-state index in [1.165, 1.54) is 25.7 Å². The zero-order valence-corrected chi connectivity index (χ0v) is 11.7. The van der Waals surface area contributed by atoms with E-state index in [1.807, 2.05) is 6.20 Å². The summed E-state index contributed by atoms with van der Waals surface area (Å²) in [6.07, 6.45) is 7.75. The molecule has 3 heteroatoms. The van der Waals surface area contributed by atoms with Crippen LogP contribution in [0.15, 0.2) is 18.3 Å². The van der Waals surface area contributed by atoms with E-state index < -0.39 is 0 Å². The molecule has 2 nitrogen and oxygen atoms in total. The van der Waals surface area contributed by atoms with Gasteiger partial charge in [-0.1, -0.05) is 12.5 Å². The molecule has 2 bridgehead atoms. The van der Waals surface area contributed by atoms with E-state index in [9.17, 15) is 0 Å². The predicted octanol–water partition coefficient (Wildman–Crippen LogP) is 3.69. The second-order valence-corrected chi connectivity index (χ2v) is 6.24. The molecule has 2 saturated carbocycles. The highest BCUT2D eigenvalue weighted by atomic mass is 35.5. The van der Waals surface area contributed by atoms with Crippen molar-refractivity contribution in [1.29, 1.82) is 0 Å². The summed E-state index contributed by atoms with van der Waals surface area (Å²) < 4.78 is 0. The Balaban J connectivity index is 1.62. The molecule has 0 aromatic carbocycles. The fraction of sp³-hybridized carbons (Fsp3) is 0.667. The maximum atomic E-state index is 5.79. The molecule has 3 atom stereocenters. The third-order valence-corrected chi connectivity index (χ3v) is 5.06. The first-order valence-electron chi connectivity index (χ1n) is 6.98. The van der Waals surface area contributed by atoms with E-state index in [2.05, 4.69) is 29.1 Å². The van der Waals surface area contributed by atoms with Crippen molar-refractivity contribution >= 4 is 17.4 Å². The summed E-state index contributed by atoms with van der Waals surface area (Å²) >= 11 is 5.79. The van der Waals surface area contributed by atoms with Gasteiger partial charge in [0.05, 0.1) is 0 Å². The summed E-state index contributed by atoms with van der Waals surface area (Å²) in [5, 5.41) is 0. The Hall–Kier alpha value is -0.760. The molecule has 1 aromatic rings. The number of fused-ring (bicyclic) bond motifs is 2. The number of halogens is 1. The quantitative estimate of drug-likeness (QED) is 0.771. The number of anilines is 1. The Morgan fingerprint density at radius 3 is 2.78 bits per heavy atom. The number of aromatic nitrogens is 1. The Bertz CT molecular complexity index is 403. The largest absolute Gasteiger partial charge is 0.359 e. The van der Waals surface area contributed by atoms with Gasteiger partial charge in [0.25, 0.3) is 0 Å². The van der Waals surface area contributed by atoms with Crippen LogP contribution in [0.3, 0.4) is 0 Å². The van der Waals surface area contributed by atoms with Crippen molar-refractivity contribution in [3.05, 3.63) is 23.9 Å². The van der Waals surface area contributed by atoms with Crippen LogP contribution in [0.2, 0.25) is 0 Å². The molecule has 98 valence electrons. The Morgan fingerprint density at radius 1 is 1.33 bits per heavy atom. The minimum atomic E-state index is 0.545. The van der Waals surface area contributed by atoms with E-state index in [4.69, 9.17) is 11.6 Å². The van der Waals surface area contributed by atoms with Gasteiger partial charge in [-0.05, 0) is 48.6 Å². The number of hydrogen-bond donors (Lipinski definition) is 0. The average molecular weight is 265 g/mol. The van der Waals surface area contributed by atoms with Crippen LogP contribution in [-0.4, -0.2) is 18.6 Å². The van der Waals surface area contributed by atoms with Crippen LogP contribution >= 0.6 is 11.6 Å². The number of alkyl halides is 1. The molecule has 3 unspecified atom stereocenters. The molecule has 0 aliphatic heterocycles. The second-order valence-electron chi connectivity index (χ2n) is 5.97. The molecular weight excluding hydrogens is 244 g/mol. The topological polar surface area (TPSA) is 16.1 Å². The molecule has 3 rings (SSSR count). The van der Waals surface area contributed by atoms with Crippen LogP contribution in [0.4, 0.5) is 5.82 Å². The predicted molar refractivity (Wildman–Crippen MR) is 76.0 cm³/mol. The van der Waals surface area contributed by atoms with Crippen molar-refractivity contribution in [1.82, 2.24) is 4.98 Å². The molecule has 0 amide bonds. The number of pyridine rings is 1. The standard InChI is InChI=1S/C15H21ClN2/c1-18(15-5-3-12(8-16)9-17-15)10-14-7-11-2-4-13(14)6-11/h3,5,9,11,13-14H,2,4,6-8,10H2,1H3. The van der Waals surface area contributed by atoms with Crippen LogP contribution in [-0.2, 0) is 5.88 Å². The fourth-order valence-corrected chi connectivity index (χ4v) is 3.92. The zero-order chi connectivity index (χ0) is 12.5. The SMILES string of the molecule is CN(CC1CC2CCC1C2)c1ccc(CCl)cn1. The molecular formula is C15H21ClN2. The van der Waals surface area contributed by atoms with Gasteiger partial charge in [0.1, 0.15) is 5.82 Å². The van der Waals surface area contributed by atoms with Crippen LogP contribution in [0.1, 0.15) is 31.2 Å². The van der Waals surface area contributed by atoms with Crippen molar-refractivity contribution in [2.75, 3.05) is 18.5 Å². The highest BCUT2D eigenvalue weighted by Crippen LogP contribution is 2.48. The molecule has 2 aliphatic carbocycles. The van der Waals surface area contributed by atoms with E-state index in [0.29, 0.717) is 5.88 Å². The van der Waals surface area contributed by atoms with Crippen molar-refractivity contribution in [3.8, 4) is 0 Å². The lowest BCUT2D eigenvalue weighted by atomic mass is 9.88. The third kappa shape index (κ3) is 2.35. The van der Waals surface area contributed by atoms with Gasteiger partial charge in [0.2, 0.25) is 0 Å². The van der Waals surface area contributed by atoms with E-state index in [-0.39, 0.29) is 0 Å². The summed E-state index contributed by atoms with van der Waals surface area (Å²) in [5.74, 6) is 4.53. The lowest BCUT2D eigenvalue weighted by Gasteiger charge is -2.27. The monoisotopic (exact) mass is 264 g/mol. The first-order valence-corrected chi connectivity index (χ1v) is 7.51. The molecule has 2 fully saturated rings. The van der Waals surface area contributed by atoms with Crippen molar-refractivity contribution in [2.24, 2.45) is 17.8 Å². The average Bonchev–Trinajstić information content (AvgIpc) is 3.01. The summed E-state index contributed by atoms with van der Waals surface area (Å²) in [6.45, 7) is 1.16. The van der Waals surface area contributed by atoms with Crippen LogP contribution in [0.5, 0.6) is 0 Å². The lowest BCUT2D eigenvalue weighted by molar-refractivity contribution is 0.337. The number of nitrogens with zero attached hydrogens (tertiary/aromatic N) is 2. The Kier molecular flexibility index (Phi) is 3.47. The summed E-state index contributed by atoms with van der Waals surface area (Å²) in [6, 6.07) is 4.16. The van der Waals surface area contributed by atoms with Crippen molar-refractivity contribution in [3.63, 3.8) is 0 Å². The first-order chi connectivity index (χ1) is 8.76. The first kappa shape index (κ1) is 12.3. The minimum Gasteiger partial charge on any atom is -0.359 e. The second kappa shape index (κ2) is 5.08. The minimum absolute atomic E-state index is 0.545. The Morgan fingerprint density at radius 2 is 2.22 bits per heavy atom. The molecule has 0 radical (unpaired) electrons. The van der Waals surface area contributed by atoms with Gasteiger partial charge in [-0.2, -0.15) is 0 Å². The highest BCUT2D eigenvalue weighted by molar-refractivity contribution is 6.17. The van der Waals surface area contributed by atoms with Gasteiger partial charge >= 0.3 is 0 Å². The van der Waals surface area contributed by atoms with Gasteiger partial charge in [-0.3, -0.25) is 0 Å². The van der Waals surface area contributed by atoms with Crippen LogP contribution in [0.25, 0.3) is 0 Å². The molecule has 1 heterocycles. The van der Waals surface area contributed by atoms with Gasteiger partial charge in [0.15, 0.2) is 0 Å². The summed E-state index contributed by atoms with van der Waals surface area (Å²) in [5.41, 5.74) is 1.09. The molecule has 0 spiro atoms. The highest BCUT2D eigenvalue weighted by Gasteiger charge is 2.39. The van der Waals surface area contributed by atoms with Gasteiger partial charge in [-0.15, -0.1) is 11.6 Å². The summed E-state index contributed by atoms with van der Waals surface area (Å²) in [7, 11) is 2.16. The van der Waals surface area contributed by atoms with Gasteiger partial charge in [0, 0.05) is 25.7 Å². The maximum absolute atomic E-state index is 5.79. The molecule has 1 aromatic heterocycles. The van der Waals surface area contributed by atoms with E-state index in [1.54, 1.807) is 0 Å². The Labute approximate surface area is 114 Å². The lowest BCUT2D eigenvalue weighted by Crippen LogP contribution is -2.29. The van der Waals surface area contributed by atoms with Gasteiger partial charge < -0.3 is 4.90 Å². The van der Waals surface area contributed by atoms with E-state index in [0.717, 1.165) is 35.7 Å². The van der Waals surface area contributed by atoms with Gasteiger partial charge in [-0.25, -0.2) is 4.98 Å². The fourth-order valence-electron chi connectivity index (χ4n) is 3.77. The number of hydrogen-bond acceptors (Lipinski definition) is 2. The maximum Gasteiger partial charge on any atom is 0.128 e. The third-order valence-electron chi connectivity index (χ3n) is 4.75. The van der Waals surface area contributed by atoms with E-state index >= 15 is 0 Å². The normalized spacial score (nSPS) is 29.8. The van der Waals surface area contributed by atoms with Crippen LogP contribution in [0, 0.1) is 17.8 Å². The molecule has 18 heavy (non-hydrogen) atoms.